The lowest BCUT2D eigenvalue weighted by molar-refractivity contribution is -0.341. The predicted molar refractivity (Wildman–Crippen MR) is 106 cm³/mol. The van der Waals surface area contributed by atoms with Crippen LogP contribution in [0.3, 0.4) is 0 Å². The zero-order valence-electron chi connectivity index (χ0n) is 18.7. The molecule has 0 aromatic heterocycles. The van der Waals surface area contributed by atoms with E-state index in [1.165, 1.54) is 7.11 Å². The fraction of sp³-hybridized carbons (Fsp3) is 1.00. The smallest absolute Gasteiger partial charge is 0.186 e. The number of rotatable bonds is 8. The van der Waals surface area contributed by atoms with Gasteiger partial charge in [0, 0.05) is 7.11 Å². The zero-order chi connectivity index (χ0) is 26.0. The Balaban J connectivity index is 1.59. The summed E-state index contributed by atoms with van der Waals surface area (Å²) in [4.78, 5) is 0. The maximum atomic E-state index is 10.3. The molecule has 15 atom stereocenters. The second kappa shape index (κ2) is 12.3. The first-order chi connectivity index (χ1) is 16.5. The van der Waals surface area contributed by atoms with Gasteiger partial charge in [-0.3, -0.25) is 0 Å². The highest BCUT2D eigenvalue weighted by molar-refractivity contribution is 4.93. The number of hydrogen-bond acceptors (Lipinski definition) is 16. The van der Waals surface area contributed by atoms with Crippen LogP contribution in [0, 0.1) is 0 Å². The van der Waals surface area contributed by atoms with E-state index >= 15 is 0 Å². The fourth-order valence-electron chi connectivity index (χ4n) is 4.03. The summed E-state index contributed by atoms with van der Waals surface area (Å²) >= 11 is 0. The highest BCUT2D eigenvalue weighted by atomic mass is 16.7. The van der Waals surface area contributed by atoms with Crippen LogP contribution in [0.5, 0.6) is 0 Å². The van der Waals surface area contributed by atoms with Crippen molar-refractivity contribution < 1.29 is 79.5 Å². The summed E-state index contributed by atoms with van der Waals surface area (Å²) in [7, 11) is 1.21. The van der Waals surface area contributed by atoms with Crippen molar-refractivity contribution in [1.29, 1.82) is 0 Å². The summed E-state index contributed by atoms with van der Waals surface area (Å²) in [5, 5.41) is 99.5. The van der Waals surface area contributed by atoms with Gasteiger partial charge in [0.05, 0.1) is 19.8 Å². The van der Waals surface area contributed by atoms with Crippen molar-refractivity contribution in [3.63, 3.8) is 0 Å². The van der Waals surface area contributed by atoms with Gasteiger partial charge in [-0.2, -0.15) is 0 Å². The molecule has 3 rings (SSSR count). The van der Waals surface area contributed by atoms with E-state index in [9.17, 15) is 51.1 Å². The second-order valence-electron chi connectivity index (χ2n) is 8.63. The van der Waals surface area contributed by atoms with Gasteiger partial charge in [0.25, 0.3) is 0 Å². The Morgan fingerprint density at radius 1 is 0.486 bits per heavy atom. The average molecular weight is 518 g/mol. The minimum absolute atomic E-state index is 0.490. The molecule has 0 saturated carbocycles. The molecule has 16 nitrogen and oxygen atoms in total. The Hall–Kier alpha value is -0.640. The lowest BCUT2D eigenvalue weighted by Crippen LogP contribution is -2.62. The van der Waals surface area contributed by atoms with Gasteiger partial charge in [-0.25, -0.2) is 0 Å². The molecular weight excluding hydrogens is 484 g/mol. The molecule has 10 N–H and O–H groups in total. The fourth-order valence-corrected chi connectivity index (χ4v) is 4.03. The molecular formula is C19H34O16. The number of aliphatic hydroxyl groups excluding tert-OH is 10. The van der Waals surface area contributed by atoms with Crippen LogP contribution in [-0.4, -0.2) is 170 Å². The van der Waals surface area contributed by atoms with Crippen LogP contribution >= 0.6 is 0 Å². The van der Waals surface area contributed by atoms with Gasteiger partial charge in [0.15, 0.2) is 18.9 Å². The lowest BCUT2D eigenvalue weighted by atomic mass is 9.98. The summed E-state index contributed by atoms with van der Waals surface area (Å²) in [5.74, 6) is 0. The lowest BCUT2D eigenvalue weighted by Gasteiger charge is -2.43. The SMILES string of the molecule is CO[C@@H]1O[C@H](CO[C@H]2O[C@H](CO[C@H]3O[C@H](CO)[C@@H](O)[C@H](O)[C@H]3O)[C@@H](O)[C@H](O)[C@H]2O)[C@@H](O)[C@@H](O)[C@H]1O. The van der Waals surface area contributed by atoms with Gasteiger partial charge in [-0.1, -0.05) is 0 Å². The van der Waals surface area contributed by atoms with Crippen LogP contribution in [0.4, 0.5) is 0 Å². The molecule has 0 amide bonds. The maximum absolute atomic E-state index is 10.3. The number of methoxy groups -OCH3 is 1. The van der Waals surface area contributed by atoms with Crippen molar-refractivity contribution in [3.05, 3.63) is 0 Å². The van der Waals surface area contributed by atoms with E-state index in [0.717, 1.165) is 0 Å². The third kappa shape index (κ3) is 6.10. The molecule has 3 heterocycles. The molecule has 16 heteroatoms. The Morgan fingerprint density at radius 3 is 1.23 bits per heavy atom. The Kier molecular flexibility index (Phi) is 10.1. The van der Waals surface area contributed by atoms with E-state index in [-0.39, 0.29) is 0 Å². The molecule has 0 spiro atoms. The second-order valence-corrected chi connectivity index (χ2v) is 8.63. The van der Waals surface area contributed by atoms with E-state index in [4.69, 9.17) is 28.4 Å². The predicted octanol–water partition coefficient (Wildman–Crippen LogP) is -6.92. The van der Waals surface area contributed by atoms with Crippen LogP contribution in [0.2, 0.25) is 0 Å². The molecule has 3 aliphatic rings. The summed E-state index contributed by atoms with van der Waals surface area (Å²) in [6.45, 7) is -1.72. The van der Waals surface area contributed by atoms with Gasteiger partial charge in [-0.15, -0.1) is 0 Å². The molecule has 35 heavy (non-hydrogen) atoms. The summed E-state index contributed by atoms with van der Waals surface area (Å²) in [6.07, 6.45) is -23.1. The van der Waals surface area contributed by atoms with Gasteiger partial charge >= 0.3 is 0 Å². The van der Waals surface area contributed by atoms with E-state index in [1.54, 1.807) is 0 Å². The minimum Gasteiger partial charge on any atom is -0.394 e. The van der Waals surface area contributed by atoms with Crippen LogP contribution in [0.1, 0.15) is 0 Å². The van der Waals surface area contributed by atoms with Crippen molar-refractivity contribution in [1.82, 2.24) is 0 Å². The van der Waals surface area contributed by atoms with E-state index in [2.05, 4.69) is 0 Å². The Labute approximate surface area is 199 Å². The van der Waals surface area contributed by atoms with Gasteiger partial charge in [0.1, 0.15) is 73.2 Å². The molecule has 3 saturated heterocycles. The standard InChI is InChI=1S/C19H34O16/c1-30-17-14(27)12(25)9(22)6(34-17)3-32-19-16(29)13(26)10(23)7(35-19)4-31-18-15(28)11(24)8(21)5(2-20)33-18/h5-29H,2-4H2,1H3/t5-,6-,7-,8-,9-,10-,11+,12-,13+,14-,15-,16-,17-,18+,19+/m1/s1. The molecule has 0 radical (unpaired) electrons. The summed E-state index contributed by atoms with van der Waals surface area (Å²) < 4.78 is 31.6. The van der Waals surface area contributed by atoms with Gasteiger partial charge in [-0.05, 0) is 0 Å². The normalized spacial score (nSPS) is 51.3. The van der Waals surface area contributed by atoms with E-state index in [1.807, 2.05) is 0 Å². The summed E-state index contributed by atoms with van der Waals surface area (Å²) in [5.41, 5.74) is 0. The molecule has 0 aliphatic carbocycles. The minimum atomic E-state index is -1.77. The first-order valence-corrected chi connectivity index (χ1v) is 11.0. The Bertz CT molecular complexity index is 600. The summed E-state index contributed by atoms with van der Waals surface area (Å²) in [6, 6.07) is 0. The molecule has 0 aromatic rings. The third-order valence-corrected chi connectivity index (χ3v) is 6.27. The van der Waals surface area contributed by atoms with E-state index in [0.29, 0.717) is 0 Å². The largest absolute Gasteiger partial charge is 0.394 e. The van der Waals surface area contributed by atoms with Crippen LogP contribution in [-0.2, 0) is 28.4 Å². The highest BCUT2D eigenvalue weighted by Gasteiger charge is 2.49. The first kappa shape index (κ1) is 28.9. The Morgan fingerprint density at radius 2 is 0.829 bits per heavy atom. The first-order valence-electron chi connectivity index (χ1n) is 11.0. The molecule has 0 bridgehead atoms. The van der Waals surface area contributed by atoms with Crippen molar-refractivity contribution in [2.24, 2.45) is 0 Å². The molecule has 0 unspecified atom stereocenters. The topological polar surface area (TPSA) is 258 Å². The van der Waals surface area contributed by atoms with Crippen molar-refractivity contribution in [2.75, 3.05) is 26.9 Å². The van der Waals surface area contributed by atoms with Gasteiger partial charge < -0.3 is 79.5 Å². The third-order valence-electron chi connectivity index (χ3n) is 6.27. The highest BCUT2D eigenvalue weighted by Crippen LogP contribution is 2.27. The van der Waals surface area contributed by atoms with Crippen LogP contribution in [0.15, 0.2) is 0 Å². The zero-order valence-corrected chi connectivity index (χ0v) is 18.7. The number of aliphatic hydroxyl groups is 10. The van der Waals surface area contributed by atoms with Gasteiger partial charge in [0.2, 0.25) is 0 Å². The molecule has 3 fully saturated rings. The molecule has 3 aliphatic heterocycles. The molecule has 206 valence electrons. The number of ether oxygens (including phenoxy) is 6. The molecule has 0 aromatic carbocycles. The monoisotopic (exact) mass is 518 g/mol. The van der Waals surface area contributed by atoms with Crippen molar-refractivity contribution in [3.8, 4) is 0 Å². The number of hydrogen-bond donors (Lipinski definition) is 10. The van der Waals surface area contributed by atoms with Crippen LogP contribution < -0.4 is 0 Å². The van der Waals surface area contributed by atoms with Crippen molar-refractivity contribution in [2.45, 2.75) is 92.1 Å². The average Bonchev–Trinajstić information content (AvgIpc) is 2.85. The van der Waals surface area contributed by atoms with Crippen molar-refractivity contribution >= 4 is 0 Å². The quantitative estimate of drug-likeness (QED) is 0.143. The van der Waals surface area contributed by atoms with Crippen LogP contribution in [0.25, 0.3) is 0 Å². The van der Waals surface area contributed by atoms with E-state index < -0.39 is 112 Å². The maximum Gasteiger partial charge on any atom is 0.186 e.